The van der Waals surface area contributed by atoms with Crippen LogP contribution in [0, 0.1) is 6.92 Å². The average Bonchev–Trinajstić information content (AvgIpc) is 2.90. The number of aromatic nitrogens is 2. The fraction of sp³-hybridized carbons (Fsp3) is 0.207. The lowest BCUT2D eigenvalue weighted by Gasteiger charge is -2.34. The molecule has 0 saturated carbocycles. The Morgan fingerprint density at radius 3 is 2.31 bits per heavy atom. The molecule has 0 spiro atoms. The molecule has 1 saturated heterocycles. The first-order valence-electron chi connectivity index (χ1n) is 11.9. The number of nitrogens with zero attached hydrogens (tertiary/aromatic N) is 4. The standard InChI is InChI=1S/C29H28N4O2/c1-22-30-27-12-6-5-11-26(27)29(35)33(22)25-15-13-24(14-16-25)28(34)32-20-18-31(19-21-32)17-7-10-23-8-3-2-4-9-23/h2-16H,17-21H2,1H3. The summed E-state index contributed by atoms with van der Waals surface area (Å²) in [6.45, 7) is 5.79. The summed E-state index contributed by atoms with van der Waals surface area (Å²) in [6.07, 6.45) is 4.31. The topological polar surface area (TPSA) is 58.4 Å². The molecule has 1 aliphatic rings. The number of carbonyl (C=O) groups is 1. The molecule has 176 valence electrons. The monoisotopic (exact) mass is 464 g/mol. The number of benzene rings is 3. The van der Waals surface area contributed by atoms with E-state index in [2.05, 4.69) is 34.2 Å². The molecule has 1 fully saturated rings. The van der Waals surface area contributed by atoms with Gasteiger partial charge in [0.2, 0.25) is 0 Å². The van der Waals surface area contributed by atoms with E-state index in [-0.39, 0.29) is 11.5 Å². The largest absolute Gasteiger partial charge is 0.336 e. The second-order valence-corrected chi connectivity index (χ2v) is 8.77. The van der Waals surface area contributed by atoms with Gasteiger partial charge >= 0.3 is 0 Å². The Morgan fingerprint density at radius 2 is 1.57 bits per heavy atom. The van der Waals surface area contributed by atoms with Crippen LogP contribution in [0.25, 0.3) is 22.7 Å². The molecule has 0 radical (unpaired) electrons. The van der Waals surface area contributed by atoms with Crippen LogP contribution in [-0.2, 0) is 0 Å². The van der Waals surface area contributed by atoms with E-state index in [0.717, 1.165) is 19.6 Å². The van der Waals surface area contributed by atoms with Crippen LogP contribution in [0.5, 0.6) is 0 Å². The zero-order chi connectivity index (χ0) is 24.2. The molecule has 35 heavy (non-hydrogen) atoms. The van der Waals surface area contributed by atoms with Crippen molar-refractivity contribution in [3.63, 3.8) is 0 Å². The van der Waals surface area contributed by atoms with Gasteiger partial charge in [-0.25, -0.2) is 4.98 Å². The third-order valence-corrected chi connectivity index (χ3v) is 6.45. The van der Waals surface area contributed by atoms with Crippen molar-refractivity contribution < 1.29 is 4.79 Å². The second-order valence-electron chi connectivity index (χ2n) is 8.77. The molecule has 0 unspecified atom stereocenters. The van der Waals surface area contributed by atoms with Crippen LogP contribution in [0.3, 0.4) is 0 Å². The minimum Gasteiger partial charge on any atom is -0.336 e. The number of hydrogen-bond acceptors (Lipinski definition) is 4. The third kappa shape index (κ3) is 4.93. The molecule has 0 bridgehead atoms. The number of carbonyl (C=O) groups excluding carboxylic acids is 1. The Balaban J connectivity index is 1.23. The van der Waals surface area contributed by atoms with Crippen molar-refractivity contribution >= 4 is 22.9 Å². The van der Waals surface area contributed by atoms with Crippen molar-refractivity contribution in [2.45, 2.75) is 6.92 Å². The predicted molar refractivity (Wildman–Crippen MR) is 140 cm³/mol. The molecule has 0 N–H and O–H groups in total. The summed E-state index contributed by atoms with van der Waals surface area (Å²) in [5, 5.41) is 0.578. The Hall–Kier alpha value is -4.03. The summed E-state index contributed by atoms with van der Waals surface area (Å²) in [5.74, 6) is 0.641. The Kier molecular flexibility index (Phi) is 6.55. The van der Waals surface area contributed by atoms with Crippen LogP contribution in [0.15, 0.2) is 89.7 Å². The highest BCUT2D eigenvalue weighted by molar-refractivity contribution is 5.94. The number of rotatable bonds is 5. The number of amides is 1. The summed E-state index contributed by atoms with van der Waals surface area (Å²) < 4.78 is 1.60. The molecule has 1 amide bonds. The van der Waals surface area contributed by atoms with Crippen LogP contribution in [0.1, 0.15) is 21.7 Å². The molecule has 0 aliphatic carbocycles. The molecule has 6 nitrogen and oxygen atoms in total. The van der Waals surface area contributed by atoms with Crippen molar-refractivity contribution in [3.05, 3.63) is 112 Å². The van der Waals surface area contributed by atoms with Crippen LogP contribution < -0.4 is 5.56 Å². The smallest absolute Gasteiger partial charge is 0.265 e. The van der Waals surface area contributed by atoms with E-state index < -0.39 is 0 Å². The fourth-order valence-corrected chi connectivity index (χ4v) is 4.52. The highest BCUT2D eigenvalue weighted by Gasteiger charge is 2.21. The average molecular weight is 465 g/mol. The SMILES string of the molecule is Cc1nc2ccccc2c(=O)n1-c1ccc(C(=O)N2CCN(CC=Cc3ccccc3)CC2)cc1. The molecule has 3 aromatic carbocycles. The maximum absolute atomic E-state index is 13.1. The molecule has 0 atom stereocenters. The van der Waals surface area contributed by atoms with Crippen LogP contribution in [0.2, 0.25) is 0 Å². The van der Waals surface area contributed by atoms with Gasteiger partial charge in [-0.05, 0) is 48.9 Å². The van der Waals surface area contributed by atoms with Gasteiger partial charge in [0.1, 0.15) is 5.82 Å². The van der Waals surface area contributed by atoms with Gasteiger partial charge in [-0.15, -0.1) is 0 Å². The molecule has 5 rings (SSSR count). The van der Waals surface area contributed by atoms with Gasteiger partial charge in [0.15, 0.2) is 0 Å². The van der Waals surface area contributed by atoms with Gasteiger partial charge in [-0.1, -0.05) is 54.6 Å². The van der Waals surface area contributed by atoms with Crippen LogP contribution >= 0.6 is 0 Å². The van der Waals surface area contributed by atoms with Gasteiger partial charge in [0, 0.05) is 38.3 Å². The van der Waals surface area contributed by atoms with E-state index in [0.29, 0.717) is 41.1 Å². The van der Waals surface area contributed by atoms with Crippen LogP contribution in [-0.4, -0.2) is 58.0 Å². The lowest BCUT2D eigenvalue weighted by molar-refractivity contribution is 0.0650. The van der Waals surface area contributed by atoms with Gasteiger partial charge < -0.3 is 4.90 Å². The molecule has 4 aromatic rings. The van der Waals surface area contributed by atoms with E-state index in [1.165, 1.54) is 5.56 Å². The lowest BCUT2D eigenvalue weighted by atomic mass is 10.1. The summed E-state index contributed by atoms with van der Waals surface area (Å²) in [6, 6.07) is 24.9. The fourth-order valence-electron chi connectivity index (χ4n) is 4.52. The molecule has 6 heteroatoms. The summed E-state index contributed by atoms with van der Waals surface area (Å²) in [7, 11) is 0. The van der Waals surface area contributed by atoms with Gasteiger partial charge in [0.05, 0.1) is 16.6 Å². The number of fused-ring (bicyclic) bond motifs is 1. The van der Waals surface area contributed by atoms with Crippen molar-refractivity contribution in [1.82, 2.24) is 19.4 Å². The molecule has 2 heterocycles. The molecule has 1 aliphatic heterocycles. The summed E-state index contributed by atoms with van der Waals surface area (Å²) in [5.41, 5.74) is 3.11. The van der Waals surface area contributed by atoms with E-state index in [4.69, 9.17) is 0 Å². The quantitative estimate of drug-likeness (QED) is 0.445. The van der Waals surface area contributed by atoms with Gasteiger partial charge in [0.25, 0.3) is 11.5 Å². The minimum atomic E-state index is -0.107. The third-order valence-electron chi connectivity index (χ3n) is 6.45. The van der Waals surface area contributed by atoms with E-state index >= 15 is 0 Å². The second kappa shape index (κ2) is 10.1. The Morgan fingerprint density at radius 1 is 0.886 bits per heavy atom. The van der Waals surface area contributed by atoms with E-state index in [1.807, 2.05) is 60.4 Å². The van der Waals surface area contributed by atoms with Crippen molar-refractivity contribution in [2.24, 2.45) is 0 Å². The Labute approximate surface area is 204 Å². The normalized spacial score (nSPS) is 14.6. The van der Waals surface area contributed by atoms with Crippen molar-refractivity contribution in [2.75, 3.05) is 32.7 Å². The predicted octanol–water partition coefficient (Wildman–Crippen LogP) is 4.17. The zero-order valence-electron chi connectivity index (χ0n) is 19.8. The first kappa shape index (κ1) is 22.7. The Bertz CT molecular complexity index is 1420. The van der Waals surface area contributed by atoms with Crippen LogP contribution in [0.4, 0.5) is 0 Å². The number of para-hydroxylation sites is 1. The van der Waals surface area contributed by atoms with E-state index in [9.17, 15) is 9.59 Å². The minimum absolute atomic E-state index is 0.0248. The van der Waals surface area contributed by atoms with Gasteiger partial charge in [-0.2, -0.15) is 0 Å². The maximum Gasteiger partial charge on any atom is 0.265 e. The summed E-state index contributed by atoms with van der Waals surface area (Å²) >= 11 is 0. The number of piperazine rings is 1. The van der Waals surface area contributed by atoms with Crippen molar-refractivity contribution in [3.8, 4) is 5.69 Å². The number of hydrogen-bond donors (Lipinski definition) is 0. The maximum atomic E-state index is 13.1. The van der Waals surface area contributed by atoms with E-state index in [1.54, 1.807) is 22.8 Å². The zero-order valence-corrected chi connectivity index (χ0v) is 19.8. The molecule has 1 aromatic heterocycles. The highest BCUT2D eigenvalue weighted by atomic mass is 16.2. The molecular formula is C29H28N4O2. The first-order valence-corrected chi connectivity index (χ1v) is 11.9. The molecular weight excluding hydrogens is 436 g/mol. The highest BCUT2D eigenvalue weighted by Crippen LogP contribution is 2.15. The van der Waals surface area contributed by atoms with Crippen molar-refractivity contribution in [1.29, 1.82) is 0 Å². The van der Waals surface area contributed by atoms with Gasteiger partial charge in [-0.3, -0.25) is 19.1 Å². The first-order chi connectivity index (χ1) is 17.1. The summed E-state index contributed by atoms with van der Waals surface area (Å²) in [4.78, 5) is 34.9. The lowest BCUT2D eigenvalue weighted by Crippen LogP contribution is -2.48. The number of aryl methyl sites for hydroxylation is 1.